The summed E-state index contributed by atoms with van der Waals surface area (Å²) in [7, 11) is 0. The Morgan fingerprint density at radius 2 is 1.77 bits per heavy atom. The summed E-state index contributed by atoms with van der Waals surface area (Å²) in [6.45, 7) is 3.26. The largest absolute Gasteiger partial charge is 0.454 e. The summed E-state index contributed by atoms with van der Waals surface area (Å²) < 4.78 is 5.05. The standard InChI is InChI=1S/C20H28N2O4/c1-15(2)22(17-11-7-4-8-12-17)18(23)14-26-19(24)13-21-20(25)16-9-5-3-6-10-16/h4,7-8,11-12,15-16H,3,5-6,9-10,13-14H2,1-2H3,(H,21,25). The van der Waals surface area contributed by atoms with Gasteiger partial charge in [0.2, 0.25) is 5.91 Å². The van der Waals surface area contributed by atoms with Crippen LogP contribution in [0.25, 0.3) is 0 Å². The SMILES string of the molecule is CC(C)N(C(=O)COC(=O)CNC(=O)C1CCCCC1)c1ccccc1. The maximum atomic E-state index is 12.4. The molecule has 0 heterocycles. The molecule has 0 bridgehead atoms. The molecule has 142 valence electrons. The minimum absolute atomic E-state index is 0.00676. The molecular weight excluding hydrogens is 332 g/mol. The monoisotopic (exact) mass is 360 g/mol. The zero-order valence-electron chi connectivity index (χ0n) is 15.6. The van der Waals surface area contributed by atoms with E-state index in [0.717, 1.165) is 31.4 Å². The fourth-order valence-corrected chi connectivity index (χ4v) is 3.25. The van der Waals surface area contributed by atoms with Gasteiger partial charge in [-0.3, -0.25) is 14.4 Å². The highest BCUT2D eigenvalue weighted by Crippen LogP contribution is 2.23. The number of esters is 1. The molecule has 1 fully saturated rings. The van der Waals surface area contributed by atoms with Gasteiger partial charge in [-0.1, -0.05) is 37.5 Å². The summed E-state index contributed by atoms with van der Waals surface area (Å²) in [5.74, 6) is -0.994. The van der Waals surface area contributed by atoms with Gasteiger partial charge in [-0.25, -0.2) is 0 Å². The lowest BCUT2D eigenvalue weighted by molar-refractivity contribution is -0.148. The molecule has 0 aromatic heterocycles. The first kappa shape index (κ1) is 19.9. The Balaban J connectivity index is 1.78. The van der Waals surface area contributed by atoms with Crippen LogP contribution >= 0.6 is 0 Å². The first-order chi connectivity index (χ1) is 12.5. The first-order valence-electron chi connectivity index (χ1n) is 9.29. The first-order valence-corrected chi connectivity index (χ1v) is 9.29. The zero-order valence-corrected chi connectivity index (χ0v) is 15.6. The van der Waals surface area contributed by atoms with Crippen LogP contribution in [0.1, 0.15) is 46.0 Å². The summed E-state index contributed by atoms with van der Waals surface area (Å²) in [6, 6.07) is 9.19. The molecule has 6 heteroatoms. The van der Waals surface area contributed by atoms with Crippen LogP contribution in [0.3, 0.4) is 0 Å². The summed E-state index contributed by atoms with van der Waals surface area (Å²) in [4.78, 5) is 37.9. The number of ether oxygens (including phenoxy) is 1. The van der Waals surface area contributed by atoms with Crippen LogP contribution in [0.15, 0.2) is 30.3 Å². The van der Waals surface area contributed by atoms with Crippen LogP contribution < -0.4 is 10.2 Å². The lowest BCUT2D eigenvalue weighted by Crippen LogP contribution is -2.41. The molecule has 0 radical (unpaired) electrons. The molecule has 0 saturated heterocycles. The van der Waals surface area contributed by atoms with Crippen molar-refractivity contribution in [2.45, 2.75) is 52.0 Å². The normalized spacial score (nSPS) is 14.7. The molecule has 26 heavy (non-hydrogen) atoms. The third kappa shape index (κ3) is 5.86. The molecule has 0 atom stereocenters. The van der Waals surface area contributed by atoms with Crippen molar-refractivity contribution < 1.29 is 19.1 Å². The van der Waals surface area contributed by atoms with Gasteiger partial charge in [0.25, 0.3) is 5.91 Å². The Bertz CT molecular complexity index is 609. The van der Waals surface area contributed by atoms with E-state index in [2.05, 4.69) is 5.32 Å². The molecule has 1 saturated carbocycles. The van der Waals surface area contributed by atoms with Gasteiger partial charge in [-0.2, -0.15) is 0 Å². The lowest BCUT2D eigenvalue weighted by atomic mass is 9.89. The second-order valence-corrected chi connectivity index (χ2v) is 6.91. The van der Waals surface area contributed by atoms with E-state index in [-0.39, 0.29) is 36.9 Å². The number of amides is 2. The Labute approximate surface area is 154 Å². The van der Waals surface area contributed by atoms with Crippen molar-refractivity contribution in [3.05, 3.63) is 30.3 Å². The highest BCUT2D eigenvalue weighted by atomic mass is 16.5. The van der Waals surface area contributed by atoms with Crippen molar-refractivity contribution in [2.24, 2.45) is 5.92 Å². The number of nitrogens with zero attached hydrogens (tertiary/aromatic N) is 1. The predicted molar refractivity (Wildman–Crippen MR) is 99.6 cm³/mol. The summed E-state index contributed by atoms with van der Waals surface area (Å²) >= 11 is 0. The Kier molecular flexibility index (Phi) is 7.63. The molecule has 0 spiro atoms. The average Bonchev–Trinajstić information content (AvgIpc) is 2.66. The molecule has 1 aliphatic rings. The van der Waals surface area contributed by atoms with Crippen molar-refractivity contribution in [1.29, 1.82) is 0 Å². The molecule has 1 aliphatic carbocycles. The van der Waals surface area contributed by atoms with Gasteiger partial charge in [-0.05, 0) is 38.8 Å². The van der Waals surface area contributed by atoms with E-state index in [0.29, 0.717) is 0 Å². The molecule has 2 rings (SSSR count). The Morgan fingerprint density at radius 3 is 2.38 bits per heavy atom. The van der Waals surface area contributed by atoms with E-state index in [4.69, 9.17) is 4.74 Å². The van der Waals surface area contributed by atoms with E-state index in [1.165, 1.54) is 6.42 Å². The highest BCUT2D eigenvalue weighted by Gasteiger charge is 2.23. The van der Waals surface area contributed by atoms with E-state index < -0.39 is 5.97 Å². The van der Waals surface area contributed by atoms with Crippen LogP contribution in [0, 0.1) is 5.92 Å². The topological polar surface area (TPSA) is 75.7 Å². The number of hydrogen-bond donors (Lipinski definition) is 1. The second kappa shape index (κ2) is 9.94. The number of carbonyl (C=O) groups excluding carboxylic acids is 3. The molecular formula is C20H28N2O4. The van der Waals surface area contributed by atoms with Crippen LogP contribution in [-0.2, 0) is 19.1 Å². The molecule has 2 amide bonds. The van der Waals surface area contributed by atoms with E-state index in [9.17, 15) is 14.4 Å². The second-order valence-electron chi connectivity index (χ2n) is 6.91. The van der Waals surface area contributed by atoms with Gasteiger partial charge in [0, 0.05) is 17.6 Å². The van der Waals surface area contributed by atoms with Gasteiger partial charge in [0.15, 0.2) is 6.61 Å². The number of hydrogen-bond acceptors (Lipinski definition) is 4. The van der Waals surface area contributed by atoms with Crippen molar-refractivity contribution in [3.63, 3.8) is 0 Å². The van der Waals surface area contributed by atoms with Crippen molar-refractivity contribution in [3.8, 4) is 0 Å². The molecule has 1 N–H and O–H groups in total. The number of anilines is 1. The van der Waals surface area contributed by atoms with E-state index in [1.54, 1.807) is 4.90 Å². The fraction of sp³-hybridized carbons (Fsp3) is 0.550. The van der Waals surface area contributed by atoms with E-state index >= 15 is 0 Å². The molecule has 1 aromatic carbocycles. The number of carbonyl (C=O) groups is 3. The minimum atomic E-state index is -0.598. The number of nitrogens with one attached hydrogen (secondary N) is 1. The van der Waals surface area contributed by atoms with Gasteiger partial charge in [-0.15, -0.1) is 0 Å². The van der Waals surface area contributed by atoms with Gasteiger partial charge in [0.1, 0.15) is 6.54 Å². The molecule has 1 aromatic rings. The van der Waals surface area contributed by atoms with Crippen molar-refractivity contribution in [1.82, 2.24) is 5.32 Å². The summed E-state index contributed by atoms with van der Waals surface area (Å²) in [6.07, 6.45) is 5.03. The quantitative estimate of drug-likeness (QED) is 0.759. The minimum Gasteiger partial charge on any atom is -0.454 e. The van der Waals surface area contributed by atoms with Gasteiger partial charge in [0.05, 0.1) is 0 Å². The van der Waals surface area contributed by atoms with Crippen LogP contribution in [0.4, 0.5) is 5.69 Å². The summed E-state index contributed by atoms with van der Waals surface area (Å²) in [5.41, 5.74) is 0.758. The van der Waals surface area contributed by atoms with Gasteiger partial charge < -0.3 is 15.0 Å². The summed E-state index contributed by atoms with van der Waals surface area (Å²) in [5, 5.41) is 2.62. The Morgan fingerprint density at radius 1 is 1.12 bits per heavy atom. The molecule has 0 aliphatic heterocycles. The fourth-order valence-electron chi connectivity index (χ4n) is 3.25. The maximum Gasteiger partial charge on any atom is 0.325 e. The van der Waals surface area contributed by atoms with Gasteiger partial charge >= 0.3 is 5.97 Å². The highest BCUT2D eigenvalue weighted by molar-refractivity contribution is 5.95. The Hall–Kier alpha value is -2.37. The molecule has 6 nitrogen and oxygen atoms in total. The number of benzene rings is 1. The van der Waals surface area contributed by atoms with Crippen molar-refractivity contribution >= 4 is 23.5 Å². The van der Waals surface area contributed by atoms with Crippen LogP contribution in [0.2, 0.25) is 0 Å². The maximum absolute atomic E-state index is 12.4. The zero-order chi connectivity index (χ0) is 18.9. The lowest BCUT2D eigenvalue weighted by Gasteiger charge is -2.26. The number of para-hydroxylation sites is 1. The predicted octanol–water partition coefficient (Wildman–Crippen LogP) is 2.67. The third-order valence-electron chi connectivity index (χ3n) is 4.56. The number of rotatable bonds is 7. The van der Waals surface area contributed by atoms with Crippen LogP contribution in [0.5, 0.6) is 0 Å². The smallest absolute Gasteiger partial charge is 0.325 e. The van der Waals surface area contributed by atoms with Crippen LogP contribution in [-0.4, -0.2) is 37.0 Å². The van der Waals surface area contributed by atoms with Crippen molar-refractivity contribution in [2.75, 3.05) is 18.1 Å². The third-order valence-corrected chi connectivity index (χ3v) is 4.56. The average molecular weight is 360 g/mol. The van der Waals surface area contributed by atoms with E-state index in [1.807, 2.05) is 44.2 Å². The molecule has 0 unspecified atom stereocenters.